The molecule has 0 heterocycles. The third-order valence-corrected chi connectivity index (χ3v) is 12.0. The molecule has 3 atom stereocenters. The summed E-state index contributed by atoms with van der Waals surface area (Å²) in [5.74, 6) is -0.213. The topological polar surface area (TPSA) is 108 Å². The van der Waals surface area contributed by atoms with Crippen molar-refractivity contribution in [2.75, 3.05) is 40.9 Å². The maximum absolute atomic E-state index is 12.9. The molecule has 0 aromatic carbocycles. The van der Waals surface area contributed by atoms with Gasteiger partial charge in [-0.25, -0.2) is 0 Å². The van der Waals surface area contributed by atoms with Crippen LogP contribution in [0.25, 0.3) is 0 Å². The Morgan fingerprint density at radius 3 is 1.45 bits per heavy atom. The van der Waals surface area contributed by atoms with Gasteiger partial charge in [-0.1, -0.05) is 197 Å². The number of likely N-dealkylation sites (N-methyl/N-ethyl adjacent to an activating group) is 1. The average molecular weight is 865 g/mol. The number of nitrogens with zero attached hydrogens (tertiary/aromatic N) is 1. The van der Waals surface area contributed by atoms with Gasteiger partial charge in [0.15, 0.2) is 0 Å². The lowest BCUT2D eigenvalue weighted by molar-refractivity contribution is -0.870. The Kier molecular flexibility index (Phi) is 41.6. The molecule has 3 unspecified atom stereocenters. The molecule has 0 fully saturated rings. The van der Waals surface area contributed by atoms with Crippen LogP contribution in [-0.2, 0) is 18.4 Å². The van der Waals surface area contributed by atoms with Gasteiger partial charge in [-0.3, -0.25) is 9.36 Å². The molecule has 0 rings (SSSR count). The molecular formula is C51H97N2O6P. The molecule has 0 bridgehead atoms. The van der Waals surface area contributed by atoms with E-state index in [4.69, 9.17) is 9.05 Å². The van der Waals surface area contributed by atoms with Crippen molar-refractivity contribution in [3.05, 3.63) is 48.6 Å². The fourth-order valence-electron chi connectivity index (χ4n) is 7.02. The van der Waals surface area contributed by atoms with E-state index in [-0.39, 0.29) is 12.5 Å². The quantitative estimate of drug-likeness (QED) is 0.0273. The highest BCUT2D eigenvalue weighted by Gasteiger charge is 2.23. The van der Waals surface area contributed by atoms with Gasteiger partial charge in [-0.2, -0.15) is 0 Å². The minimum Gasteiger partial charge on any atom is -0.756 e. The summed E-state index contributed by atoms with van der Waals surface area (Å²) >= 11 is 0. The first-order valence-electron chi connectivity index (χ1n) is 25.0. The lowest BCUT2D eigenvalue weighted by atomic mass is 10.1. The average Bonchev–Trinajstić information content (AvgIpc) is 3.20. The molecule has 0 spiro atoms. The minimum atomic E-state index is -4.60. The lowest BCUT2D eigenvalue weighted by Crippen LogP contribution is -2.45. The van der Waals surface area contributed by atoms with Crippen LogP contribution in [0.15, 0.2) is 48.6 Å². The number of hydrogen-bond donors (Lipinski definition) is 2. The second kappa shape index (κ2) is 42.7. The van der Waals surface area contributed by atoms with E-state index < -0.39 is 26.6 Å². The summed E-state index contributed by atoms with van der Waals surface area (Å²) in [4.78, 5) is 25.3. The highest BCUT2D eigenvalue weighted by atomic mass is 31.2. The van der Waals surface area contributed by atoms with E-state index in [9.17, 15) is 19.4 Å². The zero-order valence-electron chi connectivity index (χ0n) is 39.9. The van der Waals surface area contributed by atoms with Crippen LogP contribution < -0.4 is 10.2 Å². The number of phosphoric acid groups is 1. The molecule has 0 radical (unpaired) electrons. The van der Waals surface area contributed by atoms with Crippen molar-refractivity contribution in [1.82, 2.24) is 5.32 Å². The Labute approximate surface area is 371 Å². The Bertz CT molecular complexity index is 1120. The molecule has 0 saturated carbocycles. The summed E-state index contributed by atoms with van der Waals surface area (Å²) in [6, 6.07) is -0.905. The van der Waals surface area contributed by atoms with E-state index in [0.717, 1.165) is 44.9 Å². The van der Waals surface area contributed by atoms with Crippen LogP contribution in [0.2, 0.25) is 0 Å². The molecular weight excluding hydrogens is 768 g/mol. The third-order valence-electron chi connectivity index (χ3n) is 11.0. The van der Waals surface area contributed by atoms with Gasteiger partial charge in [0.1, 0.15) is 13.2 Å². The molecule has 0 aliphatic rings. The molecule has 60 heavy (non-hydrogen) atoms. The Balaban J connectivity index is 4.27. The van der Waals surface area contributed by atoms with Gasteiger partial charge < -0.3 is 28.8 Å². The zero-order chi connectivity index (χ0) is 44.3. The fourth-order valence-corrected chi connectivity index (χ4v) is 7.74. The molecule has 0 aromatic heterocycles. The Hall–Kier alpha value is -1.54. The van der Waals surface area contributed by atoms with Crippen LogP contribution in [0, 0.1) is 0 Å². The van der Waals surface area contributed by atoms with Gasteiger partial charge in [-0.05, 0) is 64.2 Å². The van der Waals surface area contributed by atoms with Crippen molar-refractivity contribution in [3.63, 3.8) is 0 Å². The summed E-state index contributed by atoms with van der Waals surface area (Å²) < 4.78 is 23.2. The van der Waals surface area contributed by atoms with Gasteiger partial charge in [0.25, 0.3) is 7.82 Å². The number of hydrogen-bond acceptors (Lipinski definition) is 6. The van der Waals surface area contributed by atoms with Crippen LogP contribution in [0.3, 0.4) is 0 Å². The van der Waals surface area contributed by atoms with E-state index in [1.165, 1.54) is 154 Å². The van der Waals surface area contributed by atoms with Gasteiger partial charge in [-0.15, -0.1) is 0 Å². The highest BCUT2D eigenvalue weighted by molar-refractivity contribution is 7.45. The van der Waals surface area contributed by atoms with Crippen molar-refractivity contribution in [2.45, 2.75) is 231 Å². The standard InChI is InChI=1S/C51H97N2O6P/c1-6-8-10-12-14-16-18-20-21-22-23-24-25-26-27-28-29-30-31-33-35-37-39-41-43-45-51(55)52-49(48-59-60(56,57)58-47-46-53(3,4)5)50(54)44-42-40-38-36-34-32-19-17-15-13-11-9-7-2/h23-24,26-27,34,36,42,44,49-50,54H,6-22,25,28-33,35,37-41,43,45-48H2,1-5H3,(H-,52,55,56,57)/b24-23-,27-26-,36-34+,44-42+. The number of nitrogens with one attached hydrogen (secondary N) is 1. The number of phosphoric ester groups is 1. The molecule has 352 valence electrons. The van der Waals surface area contributed by atoms with E-state index in [1.54, 1.807) is 6.08 Å². The smallest absolute Gasteiger partial charge is 0.268 e. The Morgan fingerprint density at radius 1 is 0.583 bits per heavy atom. The maximum Gasteiger partial charge on any atom is 0.268 e. The van der Waals surface area contributed by atoms with E-state index in [1.807, 2.05) is 27.2 Å². The van der Waals surface area contributed by atoms with Crippen molar-refractivity contribution in [2.24, 2.45) is 0 Å². The van der Waals surface area contributed by atoms with Gasteiger partial charge in [0.05, 0.1) is 39.9 Å². The number of carbonyl (C=O) groups excluding carboxylic acids is 1. The monoisotopic (exact) mass is 865 g/mol. The molecule has 0 aliphatic heterocycles. The first-order valence-corrected chi connectivity index (χ1v) is 26.5. The number of amides is 1. The number of quaternary nitrogens is 1. The summed E-state index contributed by atoms with van der Waals surface area (Å²) in [5, 5.41) is 13.8. The molecule has 2 N–H and O–H groups in total. The first kappa shape index (κ1) is 58.5. The third kappa shape index (κ3) is 44.5. The Morgan fingerprint density at radius 2 is 0.983 bits per heavy atom. The second-order valence-electron chi connectivity index (χ2n) is 18.2. The second-order valence-corrected chi connectivity index (χ2v) is 19.6. The summed E-state index contributed by atoms with van der Waals surface area (Å²) in [6.45, 7) is 4.61. The van der Waals surface area contributed by atoms with Gasteiger partial charge in [0, 0.05) is 6.42 Å². The number of aliphatic hydroxyl groups is 1. The van der Waals surface area contributed by atoms with E-state index >= 15 is 0 Å². The SMILES string of the molecule is CCCCCCCCC/C=C/CC/C=C/C(O)C(COP(=O)([O-])OCC[N+](C)(C)C)NC(=O)CCCCCCCCCCC/C=C\C/C=C\CCCCCCCCCCC. The molecule has 0 aromatic rings. The minimum absolute atomic E-state index is 0.00834. The molecule has 0 saturated heterocycles. The molecule has 0 aliphatic carbocycles. The lowest BCUT2D eigenvalue weighted by Gasteiger charge is -2.29. The summed E-state index contributed by atoms with van der Waals surface area (Å²) in [6.07, 6.45) is 54.6. The highest BCUT2D eigenvalue weighted by Crippen LogP contribution is 2.38. The van der Waals surface area contributed by atoms with Gasteiger partial charge in [0.2, 0.25) is 5.91 Å². The number of allylic oxidation sites excluding steroid dienone is 7. The summed E-state index contributed by atoms with van der Waals surface area (Å²) in [7, 11) is 1.24. The van der Waals surface area contributed by atoms with Crippen LogP contribution >= 0.6 is 7.82 Å². The number of unbranched alkanes of at least 4 members (excludes halogenated alkanes) is 26. The number of aliphatic hydroxyl groups excluding tert-OH is 1. The number of rotatable bonds is 45. The maximum atomic E-state index is 12.9. The van der Waals surface area contributed by atoms with Crippen LogP contribution in [-0.4, -0.2) is 68.5 Å². The molecule has 8 nitrogen and oxygen atoms in total. The van der Waals surface area contributed by atoms with Crippen molar-refractivity contribution in [3.8, 4) is 0 Å². The normalized spacial score (nSPS) is 14.6. The van der Waals surface area contributed by atoms with Crippen molar-refractivity contribution in [1.29, 1.82) is 0 Å². The van der Waals surface area contributed by atoms with Crippen LogP contribution in [0.1, 0.15) is 219 Å². The summed E-state index contributed by atoms with van der Waals surface area (Å²) in [5.41, 5.74) is 0. The number of carbonyl (C=O) groups is 1. The van der Waals surface area contributed by atoms with E-state index in [2.05, 4.69) is 55.6 Å². The van der Waals surface area contributed by atoms with Crippen molar-refractivity contribution >= 4 is 13.7 Å². The van der Waals surface area contributed by atoms with Crippen molar-refractivity contribution < 1.29 is 32.9 Å². The van der Waals surface area contributed by atoms with Crippen LogP contribution in [0.5, 0.6) is 0 Å². The molecule has 9 heteroatoms. The predicted octanol–water partition coefficient (Wildman–Crippen LogP) is 13.8. The van der Waals surface area contributed by atoms with E-state index in [0.29, 0.717) is 17.4 Å². The van der Waals surface area contributed by atoms with Gasteiger partial charge >= 0.3 is 0 Å². The largest absolute Gasteiger partial charge is 0.756 e. The first-order chi connectivity index (χ1) is 29.0. The van der Waals surface area contributed by atoms with Crippen LogP contribution in [0.4, 0.5) is 0 Å². The predicted molar refractivity (Wildman–Crippen MR) is 256 cm³/mol. The fraction of sp³-hybridized carbons (Fsp3) is 0.824. The molecule has 1 amide bonds. The zero-order valence-corrected chi connectivity index (χ0v) is 40.8.